The largest absolute Gasteiger partial charge is 0.506 e. The molecular formula is C19H13ClN3O3+. The minimum absolute atomic E-state index is 0.0300. The molecule has 0 fully saturated rings. The summed E-state index contributed by atoms with van der Waals surface area (Å²) in [6.45, 7) is 0. The molecular weight excluding hydrogens is 354 g/mol. The van der Waals surface area contributed by atoms with Crippen molar-refractivity contribution < 1.29 is 19.6 Å². The van der Waals surface area contributed by atoms with Crippen LogP contribution in [0.15, 0.2) is 59.3 Å². The van der Waals surface area contributed by atoms with Crippen LogP contribution in [-0.2, 0) is 0 Å². The van der Waals surface area contributed by atoms with Crippen LogP contribution in [0.25, 0.3) is 22.2 Å². The van der Waals surface area contributed by atoms with E-state index in [0.29, 0.717) is 17.9 Å². The Morgan fingerprint density at radius 1 is 1.08 bits per heavy atom. The highest BCUT2D eigenvalue weighted by Gasteiger charge is 2.13. The summed E-state index contributed by atoms with van der Waals surface area (Å²) in [6.07, 6.45) is 2.16. The van der Waals surface area contributed by atoms with Crippen molar-refractivity contribution in [3.8, 4) is 17.1 Å². The molecule has 0 aliphatic carbocycles. The molecule has 26 heavy (non-hydrogen) atoms. The van der Waals surface area contributed by atoms with Crippen molar-refractivity contribution in [1.29, 1.82) is 0 Å². The van der Waals surface area contributed by atoms with E-state index < -0.39 is 0 Å². The Bertz CT molecular complexity index is 1120. The van der Waals surface area contributed by atoms with Crippen molar-refractivity contribution in [1.82, 2.24) is 9.97 Å². The van der Waals surface area contributed by atoms with Crippen molar-refractivity contribution in [2.45, 2.75) is 0 Å². The number of quaternary nitrogens is 1. The van der Waals surface area contributed by atoms with Gasteiger partial charge in [-0.3, -0.25) is 10.1 Å². The van der Waals surface area contributed by atoms with Crippen LogP contribution < -0.4 is 5.32 Å². The van der Waals surface area contributed by atoms with Gasteiger partial charge in [-0.2, -0.15) is 4.98 Å². The second-order valence-electron chi connectivity index (χ2n) is 5.67. The Balaban J connectivity index is 1.77. The molecule has 2 aromatic heterocycles. The summed E-state index contributed by atoms with van der Waals surface area (Å²) in [5.41, 5.74) is 2.40. The van der Waals surface area contributed by atoms with E-state index in [1.54, 1.807) is 24.3 Å². The fourth-order valence-corrected chi connectivity index (χ4v) is 2.88. The zero-order valence-electron chi connectivity index (χ0n) is 13.4. The second kappa shape index (κ2) is 6.59. The van der Waals surface area contributed by atoms with Gasteiger partial charge >= 0.3 is 0 Å². The second-order valence-corrected chi connectivity index (χ2v) is 6.07. The molecule has 0 aliphatic heterocycles. The first kappa shape index (κ1) is 16.3. The molecule has 0 bridgehead atoms. The number of aromatic nitrogens is 2. The summed E-state index contributed by atoms with van der Waals surface area (Å²) in [6, 6.07) is 14.0. The maximum Gasteiger partial charge on any atom is 0.240 e. The number of hydrogen-bond acceptors (Lipinski definition) is 5. The maximum atomic E-state index is 10.8. The van der Waals surface area contributed by atoms with Gasteiger partial charge in [-0.15, -0.1) is 0 Å². The molecule has 0 radical (unpaired) electrons. The van der Waals surface area contributed by atoms with E-state index in [9.17, 15) is 9.90 Å². The van der Waals surface area contributed by atoms with Gasteiger partial charge in [-0.25, -0.2) is 4.98 Å². The number of fused-ring (bicyclic) bond motifs is 1. The van der Waals surface area contributed by atoms with Crippen LogP contribution in [0.1, 0.15) is 10.6 Å². The highest BCUT2D eigenvalue weighted by molar-refractivity contribution is 6.32. The molecule has 3 N–H and O–H groups in total. The lowest BCUT2D eigenvalue weighted by Crippen LogP contribution is -2.71. The lowest BCUT2D eigenvalue weighted by atomic mass is 10.1. The highest BCUT2D eigenvalue weighted by atomic mass is 35.5. The molecule has 6 nitrogen and oxygen atoms in total. The first-order chi connectivity index (χ1) is 12.6. The highest BCUT2D eigenvalue weighted by Crippen LogP contribution is 2.28. The Kier molecular flexibility index (Phi) is 4.12. The summed E-state index contributed by atoms with van der Waals surface area (Å²) in [7, 11) is 0. The van der Waals surface area contributed by atoms with Crippen LogP contribution in [0, 0.1) is 0 Å². The Labute approximate surface area is 153 Å². The third-order valence-electron chi connectivity index (χ3n) is 3.97. The molecule has 128 valence electrons. The minimum atomic E-state index is 0.0300. The molecule has 0 saturated carbocycles. The molecule has 0 saturated heterocycles. The van der Waals surface area contributed by atoms with E-state index in [2.05, 4.69) is 9.97 Å². The number of benzene rings is 2. The molecule has 2 heterocycles. The van der Waals surface area contributed by atoms with Gasteiger partial charge in [0.25, 0.3) is 0 Å². The van der Waals surface area contributed by atoms with E-state index in [1.165, 1.54) is 12.4 Å². The lowest BCUT2D eigenvalue weighted by Gasteiger charge is -2.05. The Morgan fingerprint density at radius 3 is 2.73 bits per heavy atom. The van der Waals surface area contributed by atoms with E-state index >= 15 is 0 Å². The van der Waals surface area contributed by atoms with E-state index in [0.717, 1.165) is 22.2 Å². The number of nitrogens with zero attached hydrogens (tertiary/aromatic N) is 2. The molecule has 7 heteroatoms. The van der Waals surface area contributed by atoms with Crippen LogP contribution >= 0.6 is 11.6 Å². The van der Waals surface area contributed by atoms with E-state index in [-0.39, 0.29) is 16.5 Å². The van der Waals surface area contributed by atoms with E-state index in [4.69, 9.17) is 16.0 Å². The van der Waals surface area contributed by atoms with Gasteiger partial charge in [0.05, 0.1) is 15.9 Å². The van der Waals surface area contributed by atoms with Gasteiger partial charge in [-0.1, -0.05) is 11.6 Å². The number of aromatic hydroxyl groups is 1. The van der Waals surface area contributed by atoms with Gasteiger partial charge in [-0.05, 0) is 36.4 Å². The van der Waals surface area contributed by atoms with Crippen molar-refractivity contribution in [3.63, 3.8) is 0 Å². The lowest BCUT2D eigenvalue weighted by molar-refractivity contribution is -0.481. The van der Waals surface area contributed by atoms with Gasteiger partial charge in [0, 0.05) is 17.7 Å². The molecule has 0 aliphatic rings. The normalized spacial score (nSPS) is 11.0. The van der Waals surface area contributed by atoms with Gasteiger partial charge in [0.15, 0.2) is 12.0 Å². The number of carbonyl (C=O) groups is 1. The van der Waals surface area contributed by atoms with Crippen LogP contribution in [0.4, 0.5) is 11.5 Å². The molecule has 0 atom stereocenters. The SMILES string of the molecule is O=Cc1ccc(-c2ccc3ncnc([NH2+]c4ccc(O)c(Cl)c4)c3c2)o1. The average Bonchev–Trinajstić information content (AvgIpc) is 3.14. The fraction of sp³-hybridized carbons (Fsp3) is 0. The maximum absolute atomic E-state index is 10.8. The van der Waals surface area contributed by atoms with Crippen molar-refractivity contribution in [2.24, 2.45) is 0 Å². The third kappa shape index (κ3) is 3.03. The van der Waals surface area contributed by atoms with Crippen molar-refractivity contribution in [2.75, 3.05) is 0 Å². The first-order valence-electron chi connectivity index (χ1n) is 7.77. The molecule has 4 rings (SSSR count). The van der Waals surface area contributed by atoms with Gasteiger partial charge < -0.3 is 9.52 Å². The van der Waals surface area contributed by atoms with Crippen LogP contribution in [0.2, 0.25) is 5.02 Å². The number of furan rings is 1. The number of phenols is 1. The number of halogens is 1. The van der Waals surface area contributed by atoms with E-state index in [1.807, 2.05) is 23.5 Å². The van der Waals surface area contributed by atoms with Crippen molar-refractivity contribution >= 4 is 40.3 Å². The zero-order chi connectivity index (χ0) is 18.1. The Hall–Kier alpha value is -3.22. The first-order valence-corrected chi connectivity index (χ1v) is 8.15. The zero-order valence-corrected chi connectivity index (χ0v) is 14.1. The van der Waals surface area contributed by atoms with Crippen LogP contribution in [-0.4, -0.2) is 21.4 Å². The summed E-state index contributed by atoms with van der Waals surface area (Å²) in [4.78, 5) is 19.5. The number of aldehydes is 1. The summed E-state index contributed by atoms with van der Waals surface area (Å²) >= 11 is 5.98. The van der Waals surface area contributed by atoms with Gasteiger partial charge in [0.1, 0.15) is 23.5 Å². The molecule has 0 spiro atoms. The molecule has 4 aromatic rings. The predicted octanol–water partition coefficient (Wildman–Crippen LogP) is 3.59. The topological polar surface area (TPSA) is 92.8 Å². The number of phenolic OH excluding ortho intramolecular Hbond substituents is 1. The van der Waals surface area contributed by atoms with Gasteiger partial charge in [0.2, 0.25) is 5.82 Å². The average molecular weight is 367 g/mol. The van der Waals surface area contributed by atoms with Crippen LogP contribution in [0.5, 0.6) is 5.75 Å². The molecule has 2 aromatic carbocycles. The van der Waals surface area contributed by atoms with Crippen molar-refractivity contribution in [3.05, 3.63) is 65.6 Å². The summed E-state index contributed by atoms with van der Waals surface area (Å²) in [5, 5.41) is 12.5. The smallest absolute Gasteiger partial charge is 0.240 e. The number of carbonyl (C=O) groups excluding carboxylic acids is 1. The molecule has 0 amide bonds. The monoisotopic (exact) mass is 366 g/mol. The summed E-state index contributed by atoms with van der Waals surface area (Å²) in [5.74, 6) is 1.61. The Morgan fingerprint density at radius 2 is 1.96 bits per heavy atom. The fourth-order valence-electron chi connectivity index (χ4n) is 2.69. The quantitative estimate of drug-likeness (QED) is 0.327. The third-order valence-corrected chi connectivity index (χ3v) is 4.27. The predicted molar refractivity (Wildman–Crippen MR) is 97.0 cm³/mol. The number of rotatable bonds is 4. The van der Waals surface area contributed by atoms with Crippen LogP contribution in [0.3, 0.4) is 0 Å². The standard InChI is InChI=1S/C19H12ClN3O3/c20-15-8-12(2-5-17(15)25)23-19-14-7-11(1-4-16(14)21-10-22-19)18-6-3-13(9-24)26-18/h1-10,25H,(H,21,22,23)/p+1. The minimum Gasteiger partial charge on any atom is -0.506 e. The number of hydrogen-bond donors (Lipinski definition) is 2. The number of nitrogens with two attached hydrogens (primary N) is 1. The summed E-state index contributed by atoms with van der Waals surface area (Å²) < 4.78 is 5.49. The molecule has 0 unspecified atom stereocenters.